The first kappa shape index (κ1) is 13.5. The van der Waals surface area contributed by atoms with E-state index < -0.39 is 0 Å². The molecule has 2 rings (SSSR count). The Labute approximate surface area is 121 Å². The predicted molar refractivity (Wildman–Crippen MR) is 82.0 cm³/mol. The SMILES string of the molecule is Cc1cc(CNc2c(Cl)cc(N)cc2Cl)sc1C. The number of nitrogens with two attached hydrogens (primary N) is 1. The van der Waals surface area contributed by atoms with E-state index in [0.717, 1.165) is 5.69 Å². The molecule has 0 atom stereocenters. The molecule has 0 aliphatic carbocycles. The quantitative estimate of drug-likeness (QED) is 0.794. The molecule has 0 fully saturated rings. The Balaban J connectivity index is 2.15. The molecule has 0 saturated carbocycles. The first-order valence-electron chi connectivity index (χ1n) is 5.51. The van der Waals surface area contributed by atoms with Crippen molar-refractivity contribution < 1.29 is 0 Å². The lowest BCUT2D eigenvalue weighted by atomic mass is 10.2. The normalized spacial score (nSPS) is 10.7. The molecule has 0 aliphatic rings. The minimum atomic E-state index is 0.546. The number of nitrogens with one attached hydrogen (secondary N) is 1. The molecular weight excluding hydrogens is 287 g/mol. The van der Waals surface area contributed by atoms with Crippen molar-refractivity contribution in [2.45, 2.75) is 20.4 Å². The third-order valence-electron chi connectivity index (χ3n) is 2.72. The van der Waals surface area contributed by atoms with Gasteiger partial charge in [-0.3, -0.25) is 0 Å². The van der Waals surface area contributed by atoms with Crippen LogP contribution >= 0.6 is 34.5 Å². The van der Waals surface area contributed by atoms with Crippen molar-refractivity contribution in [3.63, 3.8) is 0 Å². The molecule has 0 saturated heterocycles. The van der Waals surface area contributed by atoms with Crippen LogP contribution in [0.5, 0.6) is 0 Å². The molecule has 0 radical (unpaired) electrons. The van der Waals surface area contributed by atoms with Gasteiger partial charge in [-0.05, 0) is 37.6 Å². The number of hydrogen-bond donors (Lipinski definition) is 2. The van der Waals surface area contributed by atoms with E-state index in [9.17, 15) is 0 Å². The fraction of sp³-hybridized carbons (Fsp3) is 0.231. The van der Waals surface area contributed by atoms with Crippen LogP contribution in [0.15, 0.2) is 18.2 Å². The highest BCUT2D eigenvalue weighted by Gasteiger charge is 2.08. The highest BCUT2D eigenvalue weighted by Crippen LogP contribution is 2.33. The monoisotopic (exact) mass is 300 g/mol. The topological polar surface area (TPSA) is 38.0 Å². The molecule has 0 amide bonds. The number of hydrogen-bond acceptors (Lipinski definition) is 3. The molecule has 0 bridgehead atoms. The summed E-state index contributed by atoms with van der Waals surface area (Å²) >= 11 is 14.0. The molecule has 1 heterocycles. The molecule has 96 valence electrons. The van der Waals surface area contributed by atoms with Crippen molar-refractivity contribution in [3.8, 4) is 0 Å². The van der Waals surface area contributed by atoms with Crippen molar-refractivity contribution in [1.82, 2.24) is 0 Å². The van der Waals surface area contributed by atoms with Gasteiger partial charge in [0.25, 0.3) is 0 Å². The maximum absolute atomic E-state index is 6.11. The summed E-state index contributed by atoms with van der Waals surface area (Å²) in [6.07, 6.45) is 0. The second kappa shape index (κ2) is 5.39. The average Bonchev–Trinajstić information content (AvgIpc) is 2.56. The largest absolute Gasteiger partial charge is 0.399 e. The lowest BCUT2D eigenvalue weighted by molar-refractivity contribution is 1.19. The summed E-state index contributed by atoms with van der Waals surface area (Å²) in [5.74, 6) is 0. The third-order valence-corrected chi connectivity index (χ3v) is 4.47. The van der Waals surface area contributed by atoms with Crippen LogP contribution in [0.2, 0.25) is 10.0 Å². The standard InChI is InChI=1S/C13H14Cl2N2S/c1-7-3-10(18-8(7)2)6-17-13-11(14)4-9(16)5-12(13)15/h3-5,17H,6,16H2,1-2H3. The van der Waals surface area contributed by atoms with Gasteiger partial charge in [0.1, 0.15) is 0 Å². The number of anilines is 2. The predicted octanol–water partition coefficient (Wildman–Crippen LogP) is 4.87. The Bertz CT molecular complexity index is 536. The smallest absolute Gasteiger partial charge is 0.0723 e. The molecular formula is C13H14Cl2N2S. The van der Waals surface area contributed by atoms with Gasteiger partial charge in [0.15, 0.2) is 0 Å². The molecule has 0 unspecified atom stereocenters. The van der Waals surface area contributed by atoms with Crippen LogP contribution in [0.3, 0.4) is 0 Å². The Kier molecular flexibility index (Phi) is 4.05. The van der Waals surface area contributed by atoms with Crippen molar-refractivity contribution >= 4 is 45.9 Å². The van der Waals surface area contributed by atoms with E-state index in [0.29, 0.717) is 22.3 Å². The molecule has 1 aromatic heterocycles. The van der Waals surface area contributed by atoms with E-state index in [1.54, 1.807) is 23.5 Å². The van der Waals surface area contributed by atoms with Crippen LogP contribution in [0.4, 0.5) is 11.4 Å². The summed E-state index contributed by atoms with van der Waals surface area (Å²) in [5.41, 5.74) is 8.28. The molecule has 18 heavy (non-hydrogen) atoms. The van der Waals surface area contributed by atoms with E-state index in [1.807, 2.05) is 0 Å². The van der Waals surface area contributed by atoms with E-state index in [1.165, 1.54) is 15.3 Å². The van der Waals surface area contributed by atoms with Crippen LogP contribution in [0, 0.1) is 13.8 Å². The van der Waals surface area contributed by atoms with Gasteiger partial charge in [0, 0.05) is 22.0 Å². The fourth-order valence-electron chi connectivity index (χ4n) is 1.67. The van der Waals surface area contributed by atoms with E-state index in [-0.39, 0.29) is 0 Å². The van der Waals surface area contributed by atoms with Gasteiger partial charge in [0.05, 0.1) is 15.7 Å². The lowest BCUT2D eigenvalue weighted by Crippen LogP contribution is -1.99. The average molecular weight is 301 g/mol. The van der Waals surface area contributed by atoms with Crippen LogP contribution in [0.1, 0.15) is 15.3 Å². The van der Waals surface area contributed by atoms with Crippen LogP contribution < -0.4 is 11.1 Å². The number of thiophene rings is 1. The zero-order valence-electron chi connectivity index (χ0n) is 10.2. The number of aryl methyl sites for hydroxylation is 2. The van der Waals surface area contributed by atoms with Crippen molar-refractivity contribution in [2.75, 3.05) is 11.1 Å². The van der Waals surface area contributed by atoms with Crippen molar-refractivity contribution in [3.05, 3.63) is 43.6 Å². The molecule has 0 spiro atoms. The van der Waals surface area contributed by atoms with Gasteiger partial charge < -0.3 is 11.1 Å². The summed E-state index contributed by atoms with van der Waals surface area (Å²) < 4.78 is 0. The van der Waals surface area contributed by atoms with Crippen molar-refractivity contribution in [2.24, 2.45) is 0 Å². The maximum Gasteiger partial charge on any atom is 0.0723 e. The molecule has 0 aliphatic heterocycles. The first-order chi connectivity index (χ1) is 8.47. The van der Waals surface area contributed by atoms with Gasteiger partial charge >= 0.3 is 0 Å². The molecule has 2 aromatic rings. The number of halogens is 2. The summed E-state index contributed by atoms with van der Waals surface area (Å²) in [5, 5.41) is 4.35. The van der Waals surface area contributed by atoms with Gasteiger partial charge in [-0.25, -0.2) is 0 Å². The Morgan fingerprint density at radius 1 is 1.17 bits per heavy atom. The van der Waals surface area contributed by atoms with E-state index in [2.05, 4.69) is 25.2 Å². The molecule has 1 aromatic carbocycles. The zero-order valence-corrected chi connectivity index (χ0v) is 12.5. The van der Waals surface area contributed by atoms with Crippen LogP contribution in [0.25, 0.3) is 0 Å². The van der Waals surface area contributed by atoms with Crippen molar-refractivity contribution in [1.29, 1.82) is 0 Å². The first-order valence-corrected chi connectivity index (χ1v) is 7.09. The minimum absolute atomic E-state index is 0.546. The summed E-state index contributed by atoms with van der Waals surface area (Å²) in [7, 11) is 0. The third kappa shape index (κ3) is 2.91. The Morgan fingerprint density at radius 2 is 1.78 bits per heavy atom. The second-order valence-corrected chi connectivity index (χ2v) is 6.32. The summed E-state index contributed by atoms with van der Waals surface area (Å²) in [6, 6.07) is 5.56. The summed E-state index contributed by atoms with van der Waals surface area (Å²) in [6.45, 7) is 4.94. The highest BCUT2D eigenvalue weighted by atomic mass is 35.5. The lowest BCUT2D eigenvalue weighted by Gasteiger charge is -2.10. The van der Waals surface area contributed by atoms with E-state index in [4.69, 9.17) is 28.9 Å². The van der Waals surface area contributed by atoms with Crippen LogP contribution in [-0.2, 0) is 6.54 Å². The minimum Gasteiger partial charge on any atom is -0.399 e. The van der Waals surface area contributed by atoms with Gasteiger partial charge in [-0.2, -0.15) is 0 Å². The van der Waals surface area contributed by atoms with Gasteiger partial charge in [0.2, 0.25) is 0 Å². The Hall–Kier alpha value is -0.900. The van der Waals surface area contributed by atoms with E-state index >= 15 is 0 Å². The second-order valence-electron chi connectivity index (χ2n) is 4.17. The number of nitrogen functional groups attached to an aromatic ring is 1. The molecule has 3 N–H and O–H groups in total. The van der Waals surface area contributed by atoms with Gasteiger partial charge in [-0.1, -0.05) is 23.2 Å². The molecule has 5 heteroatoms. The number of rotatable bonds is 3. The Morgan fingerprint density at radius 3 is 2.28 bits per heavy atom. The summed E-state index contributed by atoms with van der Waals surface area (Å²) in [4.78, 5) is 2.59. The zero-order chi connectivity index (χ0) is 13.3. The maximum atomic E-state index is 6.11. The van der Waals surface area contributed by atoms with Gasteiger partial charge in [-0.15, -0.1) is 11.3 Å². The van der Waals surface area contributed by atoms with Crippen LogP contribution in [-0.4, -0.2) is 0 Å². The highest BCUT2D eigenvalue weighted by molar-refractivity contribution is 7.12. The molecule has 2 nitrogen and oxygen atoms in total. The fourth-order valence-corrected chi connectivity index (χ4v) is 3.30. The number of benzene rings is 1.